The molecule has 104 valence electrons. The molecule has 0 aliphatic heterocycles. The summed E-state index contributed by atoms with van der Waals surface area (Å²) in [4.78, 5) is 11.4. The molecule has 0 bridgehead atoms. The quantitative estimate of drug-likeness (QED) is 0.665. The molecule has 0 saturated carbocycles. The number of rotatable bonds is 4. The van der Waals surface area contributed by atoms with E-state index >= 15 is 0 Å². The van der Waals surface area contributed by atoms with E-state index < -0.39 is 5.60 Å². The van der Waals surface area contributed by atoms with Crippen molar-refractivity contribution in [3.05, 3.63) is 16.3 Å². The van der Waals surface area contributed by atoms with Crippen LogP contribution in [0, 0.1) is 13.8 Å². The van der Waals surface area contributed by atoms with Gasteiger partial charge in [0.25, 0.3) is 0 Å². The second-order valence-electron chi connectivity index (χ2n) is 4.79. The van der Waals surface area contributed by atoms with Gasteiger partial charge in [0.2, 0.25) is 0 Å². The molecule has 0 fully saturated rings. The molecule has 2 aromatic rings. The Morgan fingerprint density at radius 3 is 2.58 bits per heavy atom. The van der Waals surface area contributed by atoms with Gasteiger partial charge in [-0.15, -0.1) is 11.3 Å². The molecule has 6 heteroatoms. The molecule has 0 radical (unpaired) electrons. The number of hydrazine groups is 1. The highest BCUT2D eigenvalue weighted by Gasteiger charge is 2.29. The Morgan fingerprint density at radius 2 is 2.05 bits per heavy atom. The molecule has 5 nitrogen and oxygen atoms in total. The Hall–Kier alpha value is -1.24. The predicted molar refractivity (Wildman–Crippen MR) is 79.4 cm³/mol. The van der Waals surface area contributed by atoms with Gasteiger partial charge >= 0.3 is 0 Å². The molecule has 2 aromatic heterocycles. The SMILES string of the molecule is CCC(C)(OC)c1nc(NN)c2c(C)c(C)sc2n1. The Balaban J connectivity index is 2.73. The van der Waals surface area contributed by atoms with Crippen molar-refractivity contribution in [3.63, 3.8) is 0 Å². The number of anilines is 1. The molecule has 1 unspecified atom stereocenters. The third-order valence-corrected chi connectivity index (χ3v) is 4.86. The van der Waals surface area contributed by atoms with Crippen molar-refractivity contribution >= 4 is 27.4 Å². The molecule has 2 heterocycles. The van der Waals surface area contributed by atoms with E-state index in [4.69, 9.17) is 10.6 Å². The van der Waals surface area contributed by atoms with Gasteiger partial charge in [-0.3, -0.25) is 0 Å². The number of nitrogen functional groups attached to an aromatic ring is 1. The molecule has 3 N–H and O–H groups in total. The van der Waals surface area contributed by atoms with E-state index in [0.717, 1.165) is 16.6 Å². The highest BCUT2D eigenvalue weighted by molar-refractivity contribution is 7.18. The topological polar surface area (TPSA) is 73.1 Å². The molecule has 19 heavy (non-hydrogen) atoms. The zero-order chi connectivity index (χ0) is 14.2. The number of ether oxygens (including phenoxy) is 1. The summed E-state index contributed by atoms with van der Waals surface area (Å²) < 4.78 is 5.57. The first-order chi connectivity index (χ1) is 8.96. The Bertz CT molecular complexity index is 604. The van der Waals surface area contributed by atoms with Gasteiger partial charge in [-0.1, -0.05) is 6.92 Å². The maximum Gasteiger partial charge on any atom is 0.163 e. The second kappa shape index (κ2) is 5.03. The third kappa shape index (κ3) is 2.20. The number of aryl methyl sites for hydroxylation is 2. The lowest BCUT2D eigenvalue weighted by Crippen LogP contribution is -2.27. The molecule has 1 atom stereocenters. The van der Waals surface area contributed by atoms with Gasteiger partial charge in [0, 0.05) is 12.0 Å². The smallest absolute Gasteiger partial charge is 0.163 e. The molecular weight excluding hydrogens is 260 g/mol. The van der Waals surface area contributed by atoms with Crippen LogP contribution in [0.5, 0.6) is 0 Å². The van der Waals surface area contributed by atoms with E-state index in [-0.39, 0.29) is 0 Å². The first-order valence-corrected chi connectivity index (χ1v) is 7.08. The fourth-order valence-electron chi connectivity index (χ4n) is 1.98. The van der Waals surface area contributed by atoms with Crippen LogP contribution in [0.15, 0.2) is 0 Å². The van der Waals surface area contributed by atoms with Crippen LogP contribution in [0.4, 0.5) is 5.82 Å². The van der Waals surface area contributed by atoms with E-state index in [0.29, 0.717) is 11.6 Å². The minimum Gasteiger partial charge on any atom is -0.371 e. The molecule has 0 aromatic carbocycles. The van der Waals surface area contributed by atoms with Gasteiger partial charge in [-0.25, -0.2) is 15.8 Å². The van der Waals surface area contributed by atoms with Gasteiger partial charge in [0.1, 0.15) is 10.4 Å². The zero-order valence-corrected chi connectivity index (χ0v) is 12.8. The average Bonchev–Trinajstić information content (AvgIpc) is 2.72. The lowest BCUT2D eigenvalue weighted by Gasteiger charge is -2.25. The first-order valence-electron chi connectivity index (χ1n) is 6.26. The van der Waals surface area contributed by atoms with Crippen molar-refractivity contribution in [3.8, 4) is 0 Å². The Labute approximate surface area is 117 Å². The molecule has 0 saturated heterocycles. The minimum absolute atomic E-state index is 0.494. The van der Waals surface area contributed by atoms with Crippen LogP contribution in [-0.4, -0.2) is 17.1 Å². The van der Waals surface area contributed by atoms with E-state index in [2.05, 4.69) is 36.2 Å². The van der Waals surface area contributed by atoms with Crippen molar-refractivity contribution in [1.29, 1.82) is 0 Å². The normalized spacial score (nSPS) is 14.6. The van der Waals surface area contributed by atoms with Crippen LogP contribution in [0.25, 0.3) is 10.2 Å². The minimum atomic E-state index is -0.494. The number of nitrogens with two attached hydrogens (primary N) is 1. The summed E-state index contributed by atoms with van der Waals surface area (Å²) in [7, 11) is 1.68. The lowest BCUT2D eigenvalue weighted by atomic mass is 10.0. The van der Waals surface area contributed by atoms with Gasteiger partial charge in [0.05, 0.1) is 5.39 Å². The number of nitrogens with one attached hydrogen (secondary N) is 1. The first kappa shape index (κ1) is 14.2. The van der Waals surface area contributed by atoms with Crippen LogP contribution in [0.3, 0.4) is 0 Å². The van der Waals surface area contributed by atoms with Gasteiger partial charge in [-0.2, -0.15) is 0 Å². The maximum absolute atomic E-state index is 5.61. The molecule has 0 aliphatic carbocycles. The fraction of sp³-hybridized carbons (Fsp3) is 0.538. The van der Waals surface area contributed by atoms with Crippen LogP contribution >= 0.6 is 11.3 Å². The van der Waals surface area contributed by atoms with Gasteiger partial charge < -0.3 is 10.2 Å². The monoisotopic (exact) mass is 280 g/mol. The van der Waals surface area contributed by atoms with Crippen LogP contribution in [0.2, 0.25) is 0 Å². The number of fused-ring (bicyclic) bond motifs is 1. The molecular formula is C13H20N4OS. The zero-order valence-electron chi connectivity index (χ0n) is 12.0. The van der Waals surface area contributed by atoms with Crippen LogP contribution in [-0.2, 0) is 10.3 Å². The van der Waals surface area contributed by atoms with Crippen molar-refractivity contribution in [2.24, 2.45) is 5.84 Å². The number of aromatic nitrogens is 2. The fourth-order valence-corrected chi connectivity index (χ4v) is 3.01. The molecule has 2 rings (SSSR count). The van der Waals surface area contributed by atoms with E-state index in [1.165, 1.54) is 10.4 Å². The summed E-state index contributed by atoms with van der Waals surface area (Å²) in [6.07, 6.45) is 0.794. The second-order valence-corrected chi connectivity index (χ2v) is 6.00. The Kier molecular flexibility index (Phi) is 3.75. The van der Waals surface area contributed by atoms with E-state index in [9.17, 15) is 0 Å². The number of thiophene rings is 1. The third-order valence-electron chi connectivity index (χ3n) is 3.76. The summed E-state index contributed by atoms with van der Waals surface area (Å²) in [6, 6.07) is 0. The van der Waals surface area contributed by atoms with E-state index in [1.807, 2.05) is 6.92 Å². The maximum atomic E-state index is 5.61. The summed E-state index contributed by atoms with van der Waals surface area (Å²) in [5.41, 5.74) is 3.37. The summed E-state index contributed by atoms with van der Waals surface area (Å²) in [5.74, 6) is 6.94. The van der Waals surface area contributed by atoms with E-state index in [1.54, 1.807) is 18.4 Å². The van der Waals surface area contributed by atoms with Crippen molar-refractivity contribution < 1.29 is 4.74 Å². The number of hydrogen-bond donors (Lipinski definition) is 2. The number of methoxy groups -OCH3 is 1. The summed E-state index contributed by atoms with van der Waals surface area (Å²) >= 11 is 1.66. The Morgan fingerprint density at radius 1 is 1.37 bits per heavy atom. The van der Waals surface area contributed by atoms with Gasteiger partial charge in [0.15, 0.2) is 11.6 Å². The summed E-state index contributed by atoms with van der Waals surface area (Å²) in [6.45, 7) is 8.18. The van der Waals surface area contributed by atoms with Crippen molar-refractivity contribution in [2.45, 2.75) is 39.7 Å². The highest BCUT2D eigenvalue weighted by Crippen LogP contribution is 2.35. The van der Waals surface area contributed by atoms with Gasteiger partial charge in [-0.05, 0) is 32.8 Å². The largest absolute Gasteiger partial charge is 0.371 e. The predicted octanol–water partition coefficient (Wildman–Crippen LogP) is 2.87. The lowest BCUT2D eigenvalue weighted by molar-refractivity contribution is -0.00855. The standard InChI is InChI=1S/C13H20N4OS/c1-6-13(4,18-5)12-15-10(17-14)9-7(2)8(3)19-11(9)16-12/h6,14H2,1-5H3,(H,15,16,17). The van der Waals surface area contributed by atoms with Crippen LogP contribution in [0.1, 0.15) is 36.5 Å². The molecule has 0 spiro atoms. The number of nitrogens with zero attached hydrogens (tertiary/aromatic N) is 2. The van der Waals surface area contributed by atoms with Crippen molar-refractivity contribution in [1.82, 2.24) is 9.97 Å². The highest BCUT2D eigenvalue weighted by atomic mass is 32.1. The number of hydrogen-bond acceptors (Lipinski definition) is 6. The molecule has 0 amide bonds. The van der Waals surface area contributed by atoms with Crippen molar-refractivity contribution in [2.75, 3.05) is 12.5 Å². The average molecular weight is 280 g/mol. The molecule has 0 aliphatic rings. The summed E-state index contributed by atoms with van der Waals surface area (Å²) in [5, 5.41) is 1.00. The van der Waals surface area contributed by atoms with Crippen LogP contribution < -0.4 is 11.3 Å².